The Hall–Kier alpha value is -1.81. The molecule has 0 aliphatic rings. The Bertz CT molecular complexity index is 644. The third-order valence-electron chi connectivity index (χ3n) is 2.74. The molecular formula is C15H15NO2S. The number of aromatic nitrogens is 1. The highest BCUT2D eigenvalue weighted by atomic mass is 32.2. The fourth-order valence-electron chi connectivity index (χ4n) is 1.77. The SMILES string of the molecule is CCSc1cc(=O)[nH]cc1C(=O)c1ccc(C)cc1. The summed E-state index contributed by atoms with van der Waals surface area (Å²) >= 11 is 1.50. The van der Waals surface area contributed by atoms with E-state index in [0.717, 1.165) is 16.2 Å². The van der Waals surface area contributed by atoms with Crippen molar-refractivity contribution in [3.63, 3.8) is 0 Å². The van der Waals surface area contributed by atoms with E-state index in [4.69, 9.17) is 0 Å². The molecule has 1 aromatic carbocycles. The van der Waals surface area contributed by atoms with E-state index in [9.17, 15) is 9.59 Å². The van der Waals surface area contributed by atoms with E-state index in [0.29, 0.717) is 11.1 Å². The maximum absolute atomic E-state index is 12.4. The summed E-state index contributed by atoms with van der Waals surface area (Å²) in [4.78, 5) is 27.1. The summed E-state index contributed by atoms with van der Waals surface area (Å²) in [5, 5.41) is 0. The van der Waals surface area contributed by atoms with Crippen molar-refractivity contribution in [2.75, 3.05) is 5.75 Å². The number of hydrogen-bond acceptors (Lipinski definition) is 3. The maximum atomic E-state index is 12.4. The number of thioether (sulfide) groups is 1. The van der Waals surface area contributed by atoms with Gasteiger partial charge in [-0.3, -0.25) is 9.59 Å². The third-order valence-corrected chi connectivity index (χ3v) is 3.68. The molecule has 2 rings (SSSR count). The molecule has 0 aliphatic heterocycles. The Morgan fingerprint density at radius 1 is 1.26 bits per heavy atom. The van der Waals surface area contributed by atoms with Gasteiger partial charge in [0, 0.05) is 22.7 Å². The van der Waals surface area contributed by atoms with E-state index in [2.05, 4.69) is 4.98 Å². The molecule has 0 radical (unpaired) electrons. The lowest BCUT2D eigenvalue weighted by atomic mass is 10.0. The molecule has 0 unspecified atom stereocenters. The van der Waals surface area contributed by atoms with E-state index >= 15 is 0 Å². The van der Waals surface area contributed by atoms with Crippen LogP contribution in [0.4, 0.5) is 0 Å². The van der Waals surface area contributed by atoms with E-state index in [1.165, 1.54) is 24.0 Å². The normalized spacial score (nSPS) is 10.4. The minimum Gasteiger partial charge on any atom is -0.328 e. The van der Waals surface area contributed by atoms with Crippen LogP contribution in [-0.4, -0.2) is 16.5 Å². The van der Waals surface area contributed by atoms with Gasteiger partial charge in [-0.2, -0.15) is 0 Å². The van der Waals surface area contributed by atoms with Gasteiger partial charge < -0.3 is 4.98 Å². The number of rotatable bonds is 4. The summed E-state index contributed by atoms with van der Waals surface area (Å²) in [5.74, 6) is 0.754. The minimum atomic E-state index is -0.184. The number of hydrogen-bond donors (Lipinski definition) is 1. The Morgan fingerprint density at radius 2 is 1.95 bits per heavy atom. The lowest BCUT2D eigenvalue weighted by Crippen LogP contribution is -2.10. The van der Waals surface area contributed by atoms with Crippen LogP contribution >= 0.6 is 11.8 Å². The van der Waals surface area contributed by atoms with E-state index in [-0.39, 0.29) is 11.3 Å². The van der Waals surface area contributed by atoms with Crippen molar-refractivity contribution in [1.82, 2.24) is 4.98 Å². The molecule has 0 fully saturated rings. The van der Waals surface area contributed by atoms with Crippen LogP contribution in [-0.2, 0) is 0 Å². The van der Waals surface area contributed by atoms with Crippen molar-refractivity contribution in [3.05, 3.63) is 63.6 Å². The number of aryl methyl sites for hydroxylation is 1. The van der Waals surface area contributed by atoms with Gasteiger partial charge in [-0.25, -0.2) is 0 Å². The first-order chi connectivity index (χ1) is 9.11. The topological polar surface area (TPSA) is 49.9 Å². The summed E-state index contributed by atoms with van der Waals surface area (Å²) in [6, 6.07) is 8.92. The summed E-state index contributed by atoms with van der Waals surface area (Å²) in [6.07, 6.45) is 1.50. The second-order valence-electron chi connectivity index (χ2n) is 4.20. The van der Waals surface area contributed by atoms with E-state index < -0.39 is 0 Å². The highest BCUT2D eigenvalue weighted by molar-refractivity contribution is 7.99. The number of pyridine rings is 1. The predicted molar refractivity (Wildman–Crippen MR) is 78.1 cm³/mol. The van der Waals surface area contributed by atoms with Crippen LogP contribution in [0.2, 0.25) is 0 Å². The summed E-state index contributed by atoms with van der Waals surface area (Å²) in [7, 11) is 0. The second-order valence-corrected chi connectivity index (χ2v) is 5.51. The Kier molecular flexibility index (Phi) is 4.22. The van der Waals surface area contributed by atoms with Gasteiger partial charge in [0.1, 0.15) is 0 Å². The monoisotopic (exact) mass is 273 g/mol. The first-order valence-corrected chi connectivity index (χ1v) is 7.07. The maximum Gasteiger partial charge on any atom is 0.249 e. The summed E-state index contributed by atoms with van der Waals surface area (Å²) in [5.41, 5.74) is 2.11. The van der Waals surface area contributed by atoms with Crippen molar-refractivity contribution < 1.29 is 4.79 Å². The predicted octanol–water partition coefficient (Wildman–Crippen LogP) is 3.03. The fourth-order valence-corrected chi connectivity index (χ4v) is 2.57. The molecule has 4 heteroatoms. The van der Waals surface area contributed by atoms with E-state index in [1.54, 1.807) is 0 Å². The summed E-state index contributed by atoms with van der Waals surface area (Å²) in [6.45, 7) is 3.97. The molecule has 2 aromatic rings. The number of aromatic amines is 1. The molecule has 1 aromatic heterocycles. The van der Waals surface area contributed by atoms with Gasteiger partial charge in [-0.05, 0) is 12.7 Å². The van der Waals surface area contributed by atoms with Crippen molar-refractivity contribution >= 4 is 17.5 Å². The average molecular weight is 273 g/mol. The third kappa shape index (κ3) is 3.15. The number of carbonyl (C=O) groups is 1. The number of benzene rings is 1. The zero-order valence-electron chi connectivity index (χ0n) is 10.9. The van der Waals surface area contributed by atoms with Gasteiger partial charge >= 0.3 is 0 Å². The smallest absolute Gasteiger partial charge is 0.249 e. The molecule has 0 bridgehead atoms. The Labute approximate surface area is 116 Å². The molecular weight excluding hydrogens is 258 g/mol. The van der Waals surface area contributed by atoms with Crippen LogP contribution in [0.1, 0.15) is 28.4 Å². The number of ketones is 1. The van der Waals surface area contributed by atoms with Crippen molar-refractivity contribution in [2.45, 2.75) is 18.7 Å². The average Bonchev–Trinajstić information content (AvgIpc) is 2.39. The van der Waals surface area contributed by atoms with Crippen molar-refractivity contribution in [2.24, 2.45) is 0 Å². The van der Waals surface area contributed by atoms with Gasteiger partial charge in [-0.1, -0.05) is 36.8 Å². The molecule has 0 saturated carbocycles. The molecule has 1 heterocycles. The molecule has 3 nitrogen and oxygen atoms in total. The van der Waals surface area contributed by atoms with Crippen LogP contribution in [0.5, 0.6) is 0 Å². The van der Waals surface area contributed by atoms with Crippen LogP contribution in [0, 0.1) is 6.92 Å². The molecule has 0 amide bonds. The number of H-pyrrole nitrogens is 1. The second kappa shape index (κ2) is 5.89. The van der Waals surface area contributed by atoms with Crippen LogP contribution < -0.4 is 5.56 Å². The minimum absolute atomic E-state index is 0.0628. The Balaban J connectivity index is 2.43. The molecule has 0 saturated heterocycles. The van der Waals surface area contributed by atoms with Gasteiger partial charge in [0.05, 0.1) is 5.56 Å². The molecule has 1 N–H and O–H groups in total. The van der Waals surface area contributed by atoms with Gasteiger partial charge in [0.2, 0.25) is 5.56 Å². The molecule has 0 aliphatic carbocycles. The fraction of sp³-hybridized carbons (Fsp3) is 0.200. The zero-order chi connectivity index (χ0) is 13.8. The standard InChI is InChI=1S/C15H15NO2S/c1-3-19-13-8-14(17)16-9-12(13)15(18)11-6-4-10(2)5-7-11/h4-9H,3H2,1-2H3,(H,16,17). The van der Waals surface area contributed by atoms with Crippen LogP contribution in [0.3, 0.4) is 0 Å². The molecule has 98 valence electrons. The van der Waals surface area contributed by atoms with Gasteiger partial charge in [-0.15, -0.1) is 11.8 Å². The van der Waals surface area contributed by atoms with Crippen molar-refractivity contribution in [3.8, 4) is 0 Å². The molecule has 19 heavy (non-hydrogen) atoms. The number of carbonyl (C=O) groups excluding carboxylic acids is 1. The highest BCUT2D eigenvalue weighted by Crippen LogP contribution is 2.22. The van der Waals surface area contributed by atoms with E-state index in [1.807, 2.05) is 38.1 Å². The number of nitrogens with one attached hydrogen (secondary N) is 1. The molecule has 0 spiro atoms. The van der Waals surface area contributed by atoms with Gasteiger partial charge in [0.15, 0.2) is 5.78 Å². The largest absolute Gasteiger partial charge is 0.328 e. The highest BCUT2D eigenvalue weighted by Gasteiger charge is 2.14. The van der Waals surface area contributed by atoms with Crippen LogP contribution in [0.25, 0.3) is 0 Å². The Morgan fingerprint density at radius 3 is 2.58 bits per heavy atom. The molecule has 0 atom stereocenters. The first-order valence-electron chi connectivity index (χ1n) is 6.08. The van der Waals surface area contributed by atoms with Crippen LogP contribution in [0.15, 0.2) is 46.2 Å². The van der Waals surface area contributed by atoms with Gasteiger partial charge in [0.25, 0.3) is 0 Å². The lowest BCUT2D eigenvalue weighted by molar-refractivity contribution is 0.103. The summed E-state index contributed by atoms with van der Waals surface area (Å²) < 4.78 is 0. The zero-order valence-corrected chi connectivity index (χ0v) is 11.7. The quantitative estimate of drug-likeness (QED) is 0.688. The van der Waals surface area contributed by atoms with Crippen molar-refractivity contribution in [1.29, 1.82) is 0 Å². The first kappa shape index (κ1) is 13.6. The lowest BCUT2D eigenvalue weighted by Gasteiger charge is -2.07.